The van der Waals surface area contributed by atoms with E-state index < -0.39 is 0 Å². The van der Waals surface area contributed by atoms with E-state index in [9.17, 15) is 0 Å². The van der Waals surface area contributed by atoms with Crippen molar-refractivity contribution in [2.75, 3.05) is 6.54 Å². The maximum Gasteiger partial charge on any atom is 0.0204 e. The Morgan fingerprint density at radius 3 is 2.80 bits per heavy atom. The van der Waals surface area contributed by atoms with Gasteiger partial charge in [0.1, 0.15) is 0 Å². The van der Waals surface area contributed by atoms with Gasteiger partial charge in [0.05, 0.1) is 0 Å². The fourth-order valence-electron chi connectivity index (χ4n) is 2.67. The first-order valence-electron chi connectivity index (χ1n) is 6.40. The molecule has 86 valence electrons. The van der Waals surface area contributed by atoms with Crippen LogP contribution in [0.1, 0.15) is 58.8 Å². The van der Waals surface area contributed by atoms with Crippen LogP contribution in [0, 0.1) is 18.3 Å². The van der Waals surface area contributed by atoms with E-state index in [0.29, 0.717) is 11.5 Å². The summed E-state index contributed by atoms with van der Waals surface area (Å²) in [5.74, 6) is 3.47. The van der Waals surface area contributed by atoms with Crippen LogP contribution < -0.4 is 5.32 Å². The van der Waals surface area contributed by atoms with Crippen LogP contribution in [-0.4, -0.2) is 12.1 Å². The van der Waals surface area contributed by atoms with Crippen molar-refractivity contribution in [3.8, 4) is 12.3 Å². The number of nitrogens with one attached hydrogen (secondary N) is 1. The summed E-state index contributed by atoms with van der Waals surface area (Å²) in [5, 5.41) is 3.78. The second kappa shape index (κ2) is 6.18. The SMILES string of the molecule is C#CCCCC1(C(C)C)CCCCCN1. The topological polar surface area (TPSA) is 12.0 Å². The van der Waals surface area contributed by atoms with Gasteiger partial charge in [-0.1, -0.05) is 26.7 Å². The molecule has 1 N–H and O–H groups in total. The third-order valence-corrected chi connectivity index (χ3v) is 3.83. The maximum absolute atomic E-state index is 5.32. The lowest BCUT2D eigenvalue weighted by molar-refractivity contribution is 0.207. The fraction of sp³-hybridized carbons (Fsp3) is 0.857. The van der Waals surface area contributed by atoms with Crippen LogP contribution in [0.4, 0.5) is 0 Å². The van der Waals surface area contributed by atoms with Crippen molar-refractivity contribution in [2.24, 2.45) is 5.92 Å². The molecule has 1 aliphatic rings. The van der Waals surface area contributed by atoms with Crippen molar-refractivity contribution < 1.29 is 0 Å². The minimum absolute atomic E-state index is 0.368. The summed E-state index contributed by atoms with van der Waals surface area (Å²) >= 11 is 0. The molecule has 1 aliphatic heterocycles. The highest BCUT2D eigenvalue weighted by atomic mass is 15.0. The van der Waals surface area contributed by atoms with Gasteiger partial charge >= 0.3 is 0 Å². The molecule has 1 nitrogen and oxygen atoms in total. The summed E-state index contributed by atoms with van der Waals surface area (Å²) in [4.78, 5) is 0. The Labute approximate surface area is 95.0 Å². The highest BCUT2D eigenvalue weighted by Gasteiger charge is 2.32. The Balaban J connectivity index is 2.55. The molecule has 0 amide bonds. The number of unbranched alkanes of at least 4 members (excludes halogenated alkanes) is 1. The van der Waals surface area contributed by atoms with E-state index in [4.69, 9.17) is 6.42 Å². The number of rotatable bonds is 4. The minimum Gasteiger partial charge on any atom is -0.311 e. The van der Waals surface area contributed by atoms with E-state index in [1.807, 2.05) is 0 Å². The fourth-order valence-corrected chi connectivity index (χ4v) is 2.67. The van der Waals surface area contributed by atoms with Crippen LogP contribution in [0.25, 0.3) is 0 Å². The van der Waals surface area contributed by atoms with Gasteiger partial charge in [-0.25, -0.2) is 0 Å². The summed E-state index contributed by atoms with van der Waals surface area (Å²) in [6.45, 7) is 5.87. The predicted molar refractivity (Wildman–Crippen MR) is 66.7 cm³/mol. The third-order valence-electron chi connectivity index (χ3n) is 3.83. The van der Waals surface area contributed by atoms with E-state index in [1.165, 1.54) is 45.1 Å². The van der Waals surface area contributed by atoms with Gasteiger partial charge in [-0.2, -0.15) is 0 Å². The van der Waals surface area contributed by atoms with Gasteiger partial charge in [0.2, 0.25) is 0 Å². The lowest BCUT2D eigenvalue weighted by Crippen LogP contribution is -2.49. The lowest BCUT2D eigenvalue weighted by Gasteiger charge is -2.38. The molecule has 0 radical (unpaired) electrons. The zero-order valence-electron chi connectivity index (χ0n) is 10.3. The molecule has 0 aliphatic carbocycles. The summed E-state index contributed by atoms with van der Waals surface area (Å²) < 4.78 is 0. The smallest absolute Gasteiger partial charge is 0.0204 e. The van der Waals surface area contributed by atoms with E-state index in [2.05, 4.69) is 25.1 Å². The maximum atomic E-state index is 5.32. The Hall–Kier alpha value is -0.480. The van der Waals surface area contributed by atoms with Gasteiger partial charge in [-0.15, -0.1) is 12.3 Å². The quantitative estimate of drug-likeness (QED) is 0.550. The van der Waals surface area contributed by atoms with Crippen LogP contribution in [0.2, 0.25) is 0 Å². The number of hydrogen-bond acceptors (Lipinski definition) is 1. The molecule has 1 heterocycles. The molecule has 0 aromatic rings. The van der Waals surface area contributed by atoms with Gasteiger partial charge in [0.15, 0.2) is 0 Å². The molecule has 0 saturated carbocycles. The van der Waals surface area contributed by atoms with Crippen LogP contribution in [0.5, 0.6) is 0 Å². The van der Waals surface area contributed by atoms with Crippen LogP contribution in [0.3, 0.4) is 0 Å². The molecule has 1 unspecified atom stereocenters. The molecule has 15 heavy (non-hydrogen) atoms. The highest BCUT2D eigenvalue weighted by Crippen LogP contribution is 2.31. The van der Waals surface area contributed by atoms with Gasteiger partial charge in [0.25, 0.3) is 0 Å². The molecule has 1 atom stereocenters. The summed E-state index contributed by atoms with van der Waals surface area (Å²) in [6, 6.07) is 0. The molecule has 1 saturated heterocycles. The number of terminal acetylenes is 1. The first-order chi connectivity index (χ1) is 7.21. The third kappa shape index (κ3) is 3.54. The zero-order valence-corrected chi connectivity index (χ0v) is 10.3. The predicted octanol–water partition coefficient (Wildman–Crippen LogP) is 3.35. The standard InChI is InChI=1S/C14H25N/c1-4-5-7-10-14(13(2)3)11-8-6-9-12-15-14/h1,13,15H,5-12H2,2-3H3. The second-order valence-corrected chi connectivity index (χ2v) is 5.11. The van der Waals surface area contributed by atoms with E-state index in [1.54, 1.807) is 0 Å². The van der Waals surface area contributed by atoms with Crippen LogP contribution >= 0.6 is 0 Å². The first kappa shape index (κ1) is 12.6. The van der Waals surface area contributed by atoms with E-state index in [0.717, 1.165) is 6.42 Å². The average Bonchev–Trinajstić information content (AvgIpc) is 2.45. The second-order valence-electron chi connectivity index (χ2n) is 5.11. The van der Waals surface area contributed by atoms with Crippen molar-refractivity contribution >= 4 is 0 Å². The molecule has 0 aromatic heterocycles. The first-order valence-corrected chi connectivity index (χ1v) is 6.40. The monoisotopic (exact) mass is 207 g/mol. The normalized spacial score (nSPS) is 27.3. The van der Waals surface area contributed by atoms with Crippen molar-refractivity contribution in [3.63, 3.8) is 0 Å². The Morgan fingerprint density at radius 2 is 2.13 bits per heavy atom. The Kier molecular flexibility index (Phi) is 5.19. The zero-order chi connectivity index (χ0) is 11.1. The molecule has 1 heteroatoms. The van der Waals surface area contributed by atoms with Gasteiger partial charge < -0.3 is 5.32 Å². The lowest BCUT2D eigenvalue weighted by atomic mass is 9.78. The summed E-state index contributed by atoms with van der Waals surface area (Å²) in [6.07, 6.45) is 14.1. The molecule has 1 rings (SSSR count). The summed E-state index contributed by atoms with van der Waals surface area (Å²) in [5.41, 5.74) is 0.368. The average molecular weight is 207 g/mol. The Morgan fingerprint density at radius 1 is 1.33 bits per heavy atom. The Bertz CT molecular complexity index is 204. The molecule has 1 fully saturated rings. The molecule has 0 bridgehead atoms. The highest BCUT2D eigenvalue weighted by molar-refractivity contribution is 4.94. The molecule has 0 spiro atoms. The number of hydrogen-bond donors (Lipinski definition) is 1. The van der Waals surface area contributed by atoms with Crippen molar-refractivity contribution in [1.82, 2.24) is 5.32 Å². The van der Waals surface area contributed by atoms with Crippen LogP contribution in [0.15, 0.2) is 0 Å². The summed E-state index contributed by atoms with van der Waals surface area (Å²) in [7, 11) is 0. The van der Waals surface area contributed by atoms with E-state index in [-0.39, 0.29) is 0 Å². The van der Waals surface area contributed by atoms with Crippen molar-refractivity contribution in [3.05, 3.63) is 0 Å². The largest absolute Gasteiger partial charge is 0.311 e. The van der Waals surface area contributed by atoms with Gasteiger partial charge in [-0.05, 0) is 38.1 Å². The molecular weight excluding hydrogens is 182 g/mol. The molecular formula is C14H25N. The van der Waals surface area contributed by atoms with Crippen molar-refractivity contribution in [1.29, 1.82) is 0 Å². The molecule has 0 aromatic carbocycles. The van der Waals surface area contributed by atoms with Gasteiger partial charge in [-0.3, -0.25) is 0 Å². The van der Waals surface area contributed by atoms with Crippen LogP contribution in [-0.2, 0) is 0 Å². The minimum atomic E-state index is 0.368. The van der Waals surface area contributed by atoms with Gasteiger partial charge in [0, 0.05) is 12.0 Å². The van der Waals surface area contributed by atoms with E-state index >= 15 is 0 Å². The van der Waals surface area contributed by atoms with Crippen molar-refractivity contribution in [2.45, 2.75) is 64.3 Å².